The number of halogens is 3. The number of aromatic nitrogens is 2. The van der Waals surface area contributed by atoms with E-state index >= 15 is 0 Å². The highest BCUT2D eigenvalue weighted by atomic mass is 35.5. The standard InChI is InChI=1S/C15H8Cl3N3O2S/c16-8-3-1-7(2-4-8)13(23)19-15-21-20-14(24-15)10-5-9(17)6-11(18)12(10)22/h1-6,22H,(H,19,21,23). The van der Waals surface area contributed by atoms with E-state index in [1.807, 2.05) is 0 Å². The molecule has 1 amide bonds. The van der Waals surface area contributed by atoms with Gasteiger partial charge in [0.25, 0.3) is 5.91 Å². The Hall–Kier alpha value is -1.86. The van der Waals surface area contributed by atoms with Crippen LogP contribution < -0.4 is 5.32 Å². The summed E-state index contributed by atoms with van der Waals surface area (Å²) < 4.78 is 0. The number of carbonyl (C=O) groups excluding carboxylic acids is 1. The number of aromatic hydroxyl groups is 1. The molecule has 2 aromatic carbocycles. The first-order chi connectivity index (χ1) is 11.4. The van der Waals surface area contributed by atoms with Crippen LogP contribution in [-0.2, 0) is 0 Å². The van der Waals surface area contributed by atoms with Crippen LogP contribution in [0.5, 0.6) is 5.75 Å². The van der Waals surface area contributed by atoms with Crippen molar-refractivity contribution in [2.45, 2.75) is 0 Å². The number of rotatable bonds is 3. The summed E-state index contributed by atoms with van der Waals surface area (Å²) in [5.41, 5.74) is 0.779. The summed E-state index contributed by atoms with van der Waals surface area (Å²) in [5, 5.41) is 22.1. The lowest BCUT2D eigenvalue weighted by Crippen LogP contribution is -2.11. The minimum absolute atomic E-state index is 0.111. The third-order valence-corrected chi connectivity index (χ3v) is 4.64. The third kappa shape index (κ3) is 3.62. The van der Waals surface area contributed by atoms with Gasteiger partial charge in [0, 0.05) is 15.6 Å². The molecule has 24 heavy (non-hydrogen) atoms. The van der Waals surface area contributed by atoms with E-state index in [9.17, 15) is 9.90 Å². The van der Waals surface area contributed by atoms with E-state index in [0.717, 1.165) is 11.3 Å². The normalized spacial score (nSPS) is 10.6. The molecule has 3 rings (SSSR count). The first kappa shape index (κ1) is 17.0. The number of amides is 1. The largest absolute Gasteiger partial charge is 0.506 e. The summed E-state index contributed by atoms with van der Waals surface area (Å²) in [4.78, 5) is 12.1. The van der Waals surface area contributed by atoms with Crippen LogP contribution in [0.1, 0.15) is 10.4 Å². The van der Waals surface area contributed by atoms with Gasteiger partial charge >= 0.3 is 0 Å². The SMILES string of the molecule is O=C(Nc1nnc(-c2cc(Cl)cc(Cl)c2O)s1)c1ccc(Cl)cc1. The van der Waals surface area contributed by atoms with Crippen LogP contribution in [0.15, 0.2) is 36.4 Å². The van der Waals surface area contributed by atoms with Crippen molar-refractivity contribution in [2.75, 3.05) is 5.32 Å². The molecule has 0 aliphatic heterocycles. The number of carbonyl (C=O) groups is 1. The molecule has 0 aliphatic rings. The third-order valence-electron chi connectivity index (χ3n) is 3.01. The maximum absolute atomic E-state index is 12.1. The van der Waals surface area contributed by atoms with Crippen LogP contribution in [0.2, 0.25) is 15.1 Å². The van der Waals surface area contributed by atoms with Crippen molar-refractivity contribution in [3.63, 3.8) is 0 Å². The van der Waals surface area contributed by atoms with E-state index in [0.29, 0.717) is 26.2 Å². The maximum Gasteiger partial charge on any atom is 0.257 e. The summed E-state index contributed by atoms with van der Waals surface area (Å²) in [6.45, 7) is 0. The Labute approximate surface area is 155 Å². The lowest BCUT2D eigenvalue weighted by Gasteiger charge is -2.03. The van der Waals surface area contributed by atoms with E-state index < -0.39 is 0 Å². The molecule has 5 nitrogen and oxygen atoms in total. The van der Waals surface area contributed by atoms with Crippen molar-refractivity contribution in [2.24, 2.45) is 0 Å². The quantitative estimate of drug-likeness (QED) is 0.639. The van der Waals surface area contributed by atoms with Crippen LogP contribution in [-0.4, -0.2) is 21.2 Å². The zero-order valence-electron chi connectivity index (χ0n) is 11.8. The molecule has 1 heterocycles. The number of hydrogen-bond donors (Lipinski definition) is 2. The molecule has 2 N–H and O–H groups in total. The van der Waals surface area contributed by atoms with Gasteiger partial charge in [-0.15, -0.1) is 10.2 Å². The molecule has 0 bridgehead atoms. The van der Waals surface area contributed by atoms with Crippen molar-refractivity contribution >= 4 is 57.2 Å². The van der Waals surface area contributed by atoms with Gasteiger partial charge < -0.3 is 5.11 Å². The number of phenolic OH excluding ortho intramolecular Hbond substituents is 1. The fourth-order valence-corrected chi connectivity index (χ4v) is 3.26. The van der Waals surface area contributed by atoms with Gasteiger partial charge in [-0.05, 0) is 36.4 Å². The van der Waals surface area contributed by atoms with Gasteiger partial charge in [-0.1, -0.05) is 46.1 Å². The summed E-state index contributed by atoms with van der Waals surface area (Å²) in [6.07, 6.45) is 0. The second kappa shape index (κ2) is 6.94. The molecular formula is C15H8Cl3N3O2S. The minimum Gasteiger partial charge on any atom is -0.506 e. The average Bonchev–Trinajstić information content (AvgIpc) is 2.99. The Morgan fingerprint density at radius 1 is 1.04 bits per heavy atom. The Bertz CT molecular complexity index is 913. The van der Waals surface area contributed by atoms with Gasteiger partial charge in [0.15, 0.2) is 5.01 Å². The van der Waals surface area contributed by atoms with Crippen LogP contribution in [0.25, 0.3) is 10.6 Å². The molecule has 0 radical (unpaired) electrons. The number of nitrogens with zero attached hydrogens (tertiary/aromatic N) is 2. The summed E-state index contributed by atoms with van der Waals surface area (Å²) >= 11 is 18.7. The highest BCUT2D eigenvalue weighted by molar-refractivity contribution is 7.18. The fourth-order valence-electron chi connectivity index (χ4n) is 1.88. The Balaban J connectivity index is 1.84. The smallest absolute Gasteiger partial charge is 0.257 e. The molecule has 122 valence electrons. The lowest BCUT2D eigenvalue weighted by atomic mass is 10.2. The van der Waals surface area contributed by atoms with Gasteiger partial charge in [0.1, 0.15) is 5.75 Å². The van der Waals surface area contributed by atoms with Crippen molar-refractivity contribution in [3.05, 3.63) is 57.0 Å². The maximum atomic E-state index is 12.1. The average molecular weight is 401 g/mol. The van der Waals surface area contributed by atoms with E-state index in [-0.39, 0.29) is 21.8 Å². The summed E-state index contributed by atoms with van der Waals surface area (Å²) in [6, 6.07) is 9.38. The van der Waals surface area contributed by atoms with Crippen molar-refractivity contribution < 1.29 is 9.90 Å². The topological polar surface area (TPSA) is 75.1 Å². The van der Waals surface area contributed by atoms with Gasteiger partial charge in [-0.3, -0.25) is 10.1 Å². The number of hydrogen-bond acceptors (Lipinski definition) is 5. The van der Waals surface area contributed by atoms with Gasteiger partial charge in [0.05, 0.1) is 10.6 Å². The molecule has 3 aromatic rings. The first-order valence-electron chi connectivity index (χ1n) is 6.53. The Kier molecular flexibility index (Phi) is 4.91. The van der Waals surface area contributed by atoms with Crippen LogP contribution in [0.3, 0.4) is 0 Å². The zero-order valence-corrected chi connectivity index (χ0v) is 14.8. The molecule has 0 aliphatic carbocycles. The van der Waals surface area contributed by atoms with Crippen molar-refractivity contribution in [1.29, 1.82) is 0 Å². The van der Waals surface area contributed by atoms with E-state index in [4.69, 9.17) is 34.8 Å². The van der Waals surface area contributed by atoms with Gasteiger partial charge in [0.2, 0.25) is 5.13 Å². The van der Waals surface area contributed by atoms with Crippen LogP contribution in [0.4, 0.5) is 5.13 Å². The number of benzene rings is 2. The molecule has 9 heteroatoms. The minimum atomic E-state index is -0.345. The second-order valence-corrected chi connectivity index (χ2v) is 6.91. The first-order valence-corrected chi connectivity index (χ1v) is 8.48. The number of nitrogens with one attached hydrogen (secondary N) is 1. The summed E-state index contributed by atoms with van der Waals surface area (Å²) in [5.74, 6) is -0.490. The Morgan fingerprint density at radius 3 is 2.46 bits per heavy atom. The molecule has 1 aromatic heterocycles. The van der Waals surface area contributed by atoms with Gasteiger partial charge in [-0.2, -0.15) is 0 Å². The highest BCUT2D eigenvalue weighted by Crippen LogP contribution is 2.39. The molecule has 0 spiro atoms. The fraction of sp³-hybridized carbons (Fsp3) is 0. The predicted molar refractivity (Wildman–Crippen MR) is 96.4 cm³/mol. The van der Waals surface area contributed by atoms with E-state index in [1.54, 1.807) is 24.3 Å². The van der Waals surface area contributed by atoms with E-state index in [1.165, 1.54) is 12.1 Å². The Morgan fingerprint density at radius 2 is 1.75 bits per heavy atom. The number of anilines is 1. The van der Waals surface area contributed by atoms with Crippen LogP contribution in [0, 0.1) is 0 Å². The molecular weight excluding hydrogens is 393 g/mol. The second-order valence-electron chi connectivity index (χ2n) is 4.66. The molecule has 0 unspecified atom stereocenters. The van der Waals surface area contributed by atoms with Crippen molar-refractivity contribution in [1.82, 2.24) is 10.2 Å². The molecule has 0 saturated heterocycles. The lowest BCUT2D eigenvalue weighted by molar-refractivity contribution is 0.102. The van der Waals surface area contributed by atoms with Crippen molar-refractivity contribution in [3.8, 4) is 16.3 Å². The van der Waals surface area contributed by atoms with Gasteiger partial charge in [-0.25, -0.2) is 0 Å². The van der Waals surface area contributed by atoms with Crippen LogP contribution >= 0.6 is 46.1 Å². The summed E-state index contributed by atoms with van der Waals surface area (Å²) in [7, 11) is 0. The zero-order chi connectivity index (χ0) is 17.3. The highest BCUT2D eigenvalue weighted by Gasteiger charge is 2.16. The molecule has 0 fully saturated rings. The molecule has 0 atom stereocenters. The monoisotopic (exact) mass is 399 g/mol. The number of phenols is 1. The predicted octanol–water partition coefficient (Wildman–Crippen LogP) is 5.12. The van der Waals surface area contributed by atoms with E-state index in [2.05, 4.69) is 15.5 Å². The molecule has 0 saturated carbocycles.